The van der Waals surface area contributed by atoms with Gasteiger partial charge in [0, 0.05) is 40.4 Å². The van der Waals surface area contributed by atoms with Crippen molar-refractivity contribution in [3.05, 3.63) is 74.5 Å². The van der Waals surface area contributed by atoms with E-state index in [2.05, 4.69) is 31.5 Å². The van der Waals surface area contributed by atoms with E-state index in [0.29, 0.717) is 22.9 Å². The highest BCUT2D eigenvalue weighted by Gasteiger charge is 2.32. The van der Waals surface area contributed by atoms with Crippen LogP contribution in [0, 0.1) is 10.1 Å². The molecule has 0 bridgehead atoms. The standard InChI is InChI=1S/C24H23BrN4O5/c1-34-24(31)17-10-15(25)11-21(29(32)33)22(17)27-19-8-4-5-9-20(19)28-23(30)18-13-26-12-14-6-2-3-7-16(14)18/h2-3,6-7,10-13,19-20,27H,4-5,8-9H2,1H3,(H,28,30)/t19-,20+/m1/s1. The fourth-order valence-electron chi connectivity index (χ4n) is 4.36. The zero-order valence-electron chi connectivity index (χ0n) is 18.4. The van der Waals surface area contributed by atoms with E-state index in [4.69, 9.17) is 4.74 Å². The Labute approximate surface area is 204 Å². The summed E-state index contributed by atoms with van der Waals surface area (Å²) in [5, 5.41) is 19.7. The van der Waals surface area contributed by atoms with Gasteiger partial charge in [0.25, 0.3) is 11.6 Å². The third kappa shape index (κ3) is 4.86. The summed E-state index contributed by atoms with van der Waals surface area (Å²) in [6, 6.07) is 9.73. The summed E-state index contributed by atoms with van der Waals surface area (Å²) >= 11 is 3.23. The van der Waals surface area contributed by atoms with Crippen LogP contribution in [0.25, 0.3) is 10.8 Å². The number of nitrogens with one attached hydrogen (secondary N) is 2. The van der Waals surface area contributed by atoms with Gasteiger partial charge in [-0.15, -0.1) is 0 Å². The third-order valence-corrected chi connectivity index (χ3v) is 6.47. The Bertz CT molecular complexity index is 1260. The quantitative estimate of drug-likeness (QED) is 0.267. The number of hydrogen-bond donors (Lipinski definition) is 2. The van der Waals surface area contributed by atoms with Crippen molar-refractivity contribution in [2.45, 2.75) is 37.8 Å². The van der Waals surface area contributed by atoms with Gasteiger partial charge in [-0.05, 0) is 24.3 Å². The number of halogens is 1. The second-order valence-electron chi connectivity index (χ2n) is 8.12. The molecule has 2 N–H and O–H groups in total. The van der Waals surface area contributed by atoms with Crippen LogP contribution >= 0.6 is 15.9 Å². The topological polar surface area (TPSA) is 123 Å². The van der Waals surface area contributed by atoms with Crippen LogP contribution in [0.15, 0.2) is 53.3 Å². The molecule has 10 heteroatoms. The minimum Gasteiger partial charge on any atom is -0.465 e. The summed E-state index contributed by atoms with van der Waals surface area (Å²) in [5.41, 5.74) is 0.353. The summed E-state index contributed by atoms with van der Waals surface area (Å²) in [7, 11) is 1.22. The summed E-state index contributed by atoms with van der Waals surface area (Å²) < 4.78 is 5.24. The van der Waals surface area contributed by atoms with E-state index in [1.54, 1.807) is 6.20 Å². The van der Waals surface area contributed by atoms with Crippen LogP contribution in [0.5, 0.6) is 0 Å². The molecular weight excluding hydrogens is 504 g/mol. The first-order valence-corrected chi connectivity index (χ1v) is 11.6. The van der Waals surface area contributed by atoms with Crippen LogP contribution < -0.4 is 10.6 Å². The average molecular weight is 527 g/mol. The number of methoxy groups -OCH3 is 1. The highest BCUT2D eigenvalue weighted by molar-refractivity contribution is 9.10. The molecular formula is C24H23BrN4O5. The van der Waals surface area contributed by atoms with Gasteiger partial charge in [0.2, 0.25) is 0 Å². The molecule has 2 atom stereocenters. The van der Waals surface area contributed by atoms with Crippen LogP contribution in [0.2, 0.25) is 0 Å². The summed E-state index contributed by atoms with van der Waals surface area (Å²) in [6.07, 6.45) is 6.41. The minimum atomic E-state index is -0.690. The lowest BCUT2D eigenvalue weighted by molar-refractivity contribution is -0.384. The number of hydrogen-bond acceptors (Lipinski definition) is 7. The van der Waals surface area contributed by atoms with Crippen molar-refractivity contribution in [1.82, 2.24) is 10.3 Å². The molecule has 9 nitrogen and oxygen atoms in total. The van der Waals surface area contributed by atoms with Gasteiger partial charge in [-0.25, -0.2) is 4.79 Å². The van der Waals surface area contributed by atoms with Crippen LogP contribution in [0.4, 0.5) is 11.4 Å². The first-order valence-electron chi connectivity index (χ1n) is 10.9. The number of esters is 1. The van der Waals surface area contributed by atoms with Crippen molar-refractivity contribution >= 4 is 50.0 Å². The lowest BCUT2D eigenvalue weighted by atomic mass is 9.89. The molecule has 34 heavy (non-hydrogen) atoms. The SMILES string of the molecule is COC(=O)c1cc(Br)cc([N+](=O)[O-])c1N[C@@H]1CCCC[C@@H]1NC(=O)c1cncc2ccccc12. The van der Waals surface area contributed by atoms with Gasteiger partial charge in [0.05, 0.1) is 23.2 Å². The molecule has 4 rings (SSSR count). The molecule has 1 aromatic heterocycles. The number of pyridine rings is 1. The Morgan fingerprint density at radius 2 is 1.85 bits per heavy atom. The van der Waals surface area contributed by atoms with E-state index in [1.807, 2.05) is 24.3 Å². The van der Waals surface area contributed by atoms with E-state index < -0.39 is 10.9 Å². The number of carbonyl (C=O) groups excluding carboxylic acids is 2. The maximum absolute atomic E-state index is 13.2. The molecule has 0 saturated heterocycles. The molecule has 0 spiro atoms. The number of ether oxygens (including phenoxy) is 1. The predicted octanol–water partition coefficient (Wildman–Crippen LogP) is 4.85. The zero-order chi connectivity index (χ0) is 24.2. The van der Waals surface area contributed by atoms with Gasteiger partial charge < -0.3 is 15.4 Å². The van der Waals surface area contributed by atoms with E-state index in [9.17, 15) is 19.7 Å². The number of nitro groups is 1. The molecule has 1 fully saturated rings. The van der Waals surface area contributed by atoms with Gasteiger partial charge in [0.1, 0.15) is 5.69 Å². The second kappa shape index (κ2) is 10.2. The van der Waals surface area contributed by atoms with E-state index in [0.717, 1.165) is 23.6 Å². The molecule has 0 radical (unpaired) electrons. The second-order valence-corrected chi connectivity index (χ2v) is 9.04. The highest BCUT2D eigenvalue weighted by Crippen LogP contribution is 2.35. The van der Waals surface area contributed by atoms with Gasteiger partial charge in [-0.1, -0.05) is 53.0 Å². The maximum atomic E-state index is 13.2. The van der Waals surface area contributed by atoms with Crippen molar-refractivity contribution in [3.8, 4) is 0 Å². The number of anilines is 1. The van der Waals surface area contributed by atoms with Crippen molar-refractivity contribution in [3.63, 3.8) is 0 Å². The summed E-state index contributed by atoms with van der Waals surface area (Å²) in [5.74, 6) is -0.952. The van der Waals surface area contributed by atoms with Crippen molar-refractivity contribution < 1.29 is 19.2 Å². The van der Waals surface area contributed by atoms with E-state index in [1.165, 1.54) is 25.4 Å². The highest BCUT2D eigenvalue weighted by atomic mass is 79.9. The summed E-state index contributed by atoms with van der Waals surface area (Å²) in [6.45, 7) is 0. The van der Waals surface area contributed by atoms with Crippen molar-refractivity contribution in [2.24, 2.45) is 0 Å². The van der Waals surface area contributed by atoms with Gasteiger partial charge in [-0.2, -0.15) is 0 Å². The van der Waals surface area contributed by atoms with Gasteiger partial charge in [-0.3, -0.25) is 19.9 Å². The van der Waals surface area contributed by atoms with Crippen LogP contribution in [0.3, 0.4) is 0 Å². The first kappa shape index (κ1) is 23.6. The largest absolute Gasteiger partial charge is 0.465 e. The lowest BCUT2D eigenvalue weighted by Gasteiger charge is -2.33. The molecule has 2 aromatic carbocycles. The number of amides is 1. The zero-order valence-corrected chi connectivity index (χ0v) is 20.0. The Morgan fingerprint density at radius 1 is 1.12 bits per heavy atom. The number of benzene rings is 2. The number of rotatable bonds is 6. The number of nitrogens with zero attached hydrogens (tertiary/aromatic N) is 2. The maximum Gasteiger partial charge on any atom is 0.340 e. The Balaban J connectivity index is 1.64. The number of carbonyl (C=O) groups is 2. The third-order valence-electron chi connectivity index (χ3n) is 6.01. The molecule has 1 aliphatic rings. The van der Waals surface area contributed by atoms with Crippen LogP contribution in [-0.4, -0.2) is 41.0 Å². The lowest BCUT2D eigenvalue weighted by Crippen LogP contribution is -2.48. The summed E-state index contributed by atoms with van der Waals surface area (Å²) in [4.78, 5) is 41.0. The van der Waals surface area contributed by atoms with Gasteiger partial charge >= 0.3 is 5.97 Å². The molecule has 0 aliphatic heterocycles. The molecule has 1 saturated carbocycles. The van der Waals surface area contributed by atoms with Crippen LogP contribution in [-0.2, 0) is 4.74 Å². The Kier molecular flexibility index (Phi) is 7.06. The van der Waals surface area contributed by atoms with E-state index in [-0.39, 0.29) is 34.9 Å². The monoisotopic (exact) mass is 526 g/mol. The van der Waals surface area contributed by atoms with Crippen LogP contribution in [0.1, 0.15) is 46.4 Å². The molecule has 1 aliphatic carbocycles. The molecule has 1 amide bonds. The smallest absolute Gasteiger partial charge is 0.340 e. The Hall–Kier alpha value is -3.53. The number of nitro benzene ring substituents is 1. The van der Waals surface area contributed by atoms with Gasteiger partial charge in [0.15, 0.2) is 0 Å². The van der Waals surface area contributed by atoms with E-state index >= 15 is 0 Å². The molecule has 0 unspecified atom stereocenters. The molecule has 176 valence electrons. The average Bonchev–Trinajstić information content (AvgIpc) is 2.84. The minimum absolute atomic E-state index is 0.0532. The Morgan fingerprint density at radius 3 is 2.59 bits per heavy atom. The molecule has 1 heterocycles. The van der Waals surface area contributed by atoms with Crippen molar-refractivity contribution in [1.29, 1.82) is 0 Å². The van der Waals surface area contributed by atoms with Crippen molar-refractivity contribution in [2.75, 3.05) is 12.4 Å². The number of fused-ring (bicyclic) bond motifs is 1. The first-order chi connectivity index (χ1) is 16.4. The normalized spacial score (nSPS) is 17.7. The predicted molar refractivity (Wildman–Crippen MR) is 131 cm³/mol. The fourth-order valence-corrected chi connectivity index (χ4v) is 4.81. The number of aromatic nitrogens is 1. The molecule has 3 aromatic rings. The fraction of sp³-hybridized carbons (Fsp3) is 0.292.